The minimum Gasteiger partial charge on any atom is -0.316 e. The Morgan fingerprint density at radius 1 is 1.25 bits per heavy atom. The topological polar surface area (TPSA) is 58.2 Å². The summed E-state index contributed by atoms with van der Waals surface area (Å²) in [5, 5.41) is 3.04. The first-order valence-electron chi connectivity index (χ1n) is 7.00. The van der Waals surface area contributed by atoms with E-state index in [9.17, 15) is 8.42 Å². The van der Waals surface area contributed by atoms with Gasteiger partial charge in [-0.3, -0.25) is 0 Å². The zero-order valence-electron chi connectivity index (χ0n) is 13.1. The minimum atomic E-state index is -3.49. The second kappa shape index (κ2) is 6.70. The molecular weight excluding hydrogens is 272 g/mol. The molecule has 0 aliphatic rings. The number of benzene rings is 1. The summed E-state index contributed by atoms with van der Waals surface area (Å²) in [5.74, 6) is 0. The highest BCUT2D eigenvalue weighted by Crippen LogP contribution is 2.21. The van der Waals surface area contributed by atoms with Crippen LogP contribution in [-0.4, -0.2) is 21.0 Å². The molecule has 0 saturated heterocycles. The van der Waals surface area contributed by atoms with Crippen LogP contribution in [0.5, 0.6) is 0 Å². The molecule has 0 radical (unpaired) electrons. The number of nitrogens with one attached hydrogen (secondary N) is 2. The fourth-order valence-corrected chi connectivity index (χ4v) is 4.08. The summed E-state index contributed by atoms with van der Waals surface area (Å²) in [6.45, 7) is 8.36. The van der Waals surface area contributed by atoms with Gasteiger partial charge in [0.25, 0.3) is 0 Å². The SMILES string of the molecule is CCCC(C)(C)NS(=O)(=O)c1cc(CNC)ccc1C. The van der Waals surface area contributed by atoms with Crippen LogP contribution in [-0.2, 0) is 16.6 Å². The molecule has 1 aromatic carbocycles. The maximum atomic E-state index is 12.6. The van der Waals surface area contributed by atoms with Gasteiger partial charge in [-0.15, -0.1) is 0 Å². The third-order valence-electron chi connectivity index (χ3n) is 3.21. The molecule has 0 amide bonds. The van der Waals surface area contributed by atoms with Crippen molar-refractivity contribution in [3.05, 3.63) is 29.3 Å². The summed E-state index contributed by atoms with van der Waals surface area (Å²) in [4.78, 5) is 0.370. The molecule has 0 unspecified atom stereocenters. The Balaban J connectivity index is 3.11. The average molecular weight is 298 g/mol. The Morgan fingerprint density at radius 2 is 1.90 bits per heavy atom. The number of hydrogen-bond acceptors (Lipinski definition) is 3. The normalized spacial score (nSPS) is 12.7. The number of sulfonamides is 1. The summed E-state index contributed by atoms with van der Waals surface area (Å²) in [7, 11) is -1.65. The lowest BCUT2D eigenvalue weighted by atomic mass is 10.0. The van der Waals surface area contributed by atoms with Gasteiger partial charge in [-0.1, -0.05) is 25.5 Å². The van der Waals surface area contributed by atoms with Crippen molar-refractivity contribution in [3.8, 4) is 0 Å². The van der Waals surface area contributed by atoms with Crippen molar-refractivity contribution in [1.82, 2.24) is 10.0 Å². The second-order valence-electron chi connectivity index (χ2n) is 5.87. The standard InChI is InChI=1S/C15H26N2O2S/c1-6-9-15(3,4)17-20(18,19)14-10-13(11-16-5)8-7-12(14)2/h7-8,10,16-17H,6,9,11H2,1-5H3. The molecule has 20 heavy (non-hydrogen) atoms. The molecule has 4 nitrogen and oxygen atoms in total. The van der Waals surface area contributed by atoms with Crippen LogP contribution in [0.3, 0.4) is 0 Å². The van der Waals surface area contributed by atoms with E-state index in [1.54, 1.807) is 6.07 Å². The smallest absolute Gasteiger partial charge is 0.241 e. The van der Waals surface area contributed by atoms with Crippen LogP contribution in [0.25, 0.3) is 0 Å². The second-order valence-corrected chi connectivity index (χ2v) is 7.52. The van der Waals surface area contributed by atoms with E-state index in [1.807, 2.05) is 40.0 Å². The Morgan fingerprint density at radius 3 is 2.45 bits per heavy atom. The summed E-state index contributed by atoms with van der Waals surface area (Å²) in [6.07, 6.45) is 1.75. The van der Waals surface area contributed by atoms with Crippen LogP contribution in [0.1, 0.15) is 44.7 Å². The summed E-state index contributed by atoms with van der Waals surface area (Å²) in [5.41, 5.74) is 1.30. The van der Waals surface area contributed by atoms with E-state index in [0.29, 0.717) is 11.4 Å². The molecule has 0 bridgehead atoms. The first kappa shape index (κ1) is 17.1. The van der Waals surface area contributed by atoms with Gasteiger partial charge in [0.05, 0.1) is 4.90 Å². The van der Waals surface area contributed by atoms with Crippen molar-refractivity contribution in [3.63, 3.8) is 0 Å². The van der Waals surface area contributed by atoms with Gasteiger partial charge in [0.15, 0.2) is 0 Å². The number of hydrogen-bond donors (Lipinski definition) is 2. The van der Waals surface area contributed by atoms with E-state index in [0.717, 1.165) is 24.0 Å². The highest BCUT2D eigenvalue weighted by atomic mass is 32.2. The quantitative estimate of drug-likeness (QED) is 0.813. The van der Waals surface area contributed by atoms with Crippen molar-refractivity contribution >= 4 is 10.0 Å². The average Bonchev–Trinajstić information content (AvgIpc) is 2.30. The van der Waals surface area contributed by atoms with Gasteiger partial charge in [0, 0.05) is 12.1 Å². The number of rotatable bonds is 7. The highest BCUT2D eigenvalue weighted by molar-refractivity contribution is 7.89. The molecule has 0 aliphatic heterocycles. The van der Waals surface area contributed by atoms with E-state index < -0.39 is 15.6 Å². The van der Waals surface area contributed by atoms with E-state index in [1.165, 1.54) is 0 Å². The maximum Gasteiger partial charge on any atom is 0.241 e. The molecular formula is C15H26N2O2S. The molecule has 0 atom stereocenters. The largest absolute Gasteiger partial charge is 0.316 e. The molecule has 0 aromatic heterocycles. The minimum absolute atomic E-state index is 0.370. The van der Waals surface area contributed by atoms with Gasteiger partial charge in [-0.25, -0.2) is 13.1 Å². The number of aryl methyl sites for hydroxylation is 1. The summed E-state index contributed by atoms with van der Waals surface area (Å²) in [6, 6.07) is 5.55. The third kappa shape index (κ3) is 4.58. The molecule has 114 valence electrons. The summed E-state index contributed by atoms with van der Waals surface area (Å²) < 4.78 is 27.9. The van der Waals surface area contributed by atoms with E-state index in [2.05, 4.69) is 17.0 Å². The van der Waals surface area contributed by atoms with Crippen molar-refractivity contribution in [2.75, 3.05) is 7.05 Å². The molecule has 0 fully saturated rings. The zero-order valence-corrected chi connectivity index (χ0v) is 13.9. The monoisotopic (exact) mass is 298 g/mol. The van der Waals surface area contributed by atoms with Gasteiger partial charge in [-0.05, 0) is 51.4 Å². The van der Waals surface area contributed by atoms with Crippen molar-refractivity contribution in [2.24, 2.45) is 0 Å². The Labute approximate surface area is 123 Å². The van der Waals surface area contributed by atoms with Crippen molar-refractivity contribution in [1.29, 1.82) is 0 Å². The Hall–Kier alpha value is -0.910. The molecule has 2 N–H and O–H groups in total. The predicted molar refractivity (Wildman–Crippen MR) is 83.3 cm³/mol. The molecule has 1 aromatic rings. The lowest BCUT2D eigenvalue weighted by molar-refractivity contribution is 0.417. The molecule has 0 aliphatic carbocycles. The van der Waals surface area contributed by atoms with Crippen molar-refractivity contribution < 1.29 is 8.42 Å². The first-order valence-corrected chi connectivity index (χ1v) is 8.48. The fourth-order valence-electron chi connectivity index (χ4n) is 2.34. The van der Waals surface area contributed by atoms with Crippen LogP contribution in [0.2, 0.25) is 0 Å². The van der Waals surface area contributed by atoms with Crippen LogP contribution in [0.4, 0.5) is 0 Å². The first-order chi connectivity index (χ1) is 9.22. The van der Waals surface area contributed by atoms with Crippen LogP contribution >= 0.6 is 0 Å². The van der Waals surface area contributed by atoms with Gasteiger partial charge >= 0.3 is 0 Å². The molecule has 0 saturated carbocycles. The van der Waals surface area contributed by atoms with E-state index in [-0.39, 0.29) is 0 Å². The molecule has 0 spiro atoms. The molecule has 1 rings (SSSR count). The van der Waals surface area contributed by atoms with Crippen LogP contribution < -0.4 is 10.0 Å². The Bertz CT molecular complexity index is 551. The zero-order chi connectivity index (χ0) is 15.4. The van der Waals surface area contributed by atoms with Gasteiger partial charge < -0.3 is 5.32 Å². The fraction of sp³-hybridized carbons (Fsp3) is 0.600. The summed E-state index contributed by atoms with van der Waals surface area (Å²) >= 11 is 0. The predicted octanol–water partition coefficient (Wildman–Crippen LogP) is 2.57. The Kier molecular flexibility index (Phi) is 5.74. The van der Waals surface area contributed by atoms with Gasteiger partial charge in [-0.2, -0.15) is 0 Å². The maximum absolute atomic E-state index is 12.6. The van der Waals surface area contributed by atoms with Crippen molar-refractivity contribution in [2.45, 2.75) is 57.5 Å². The van der Waals surface area contributed by atoms with E-state index >= 15 is 0 Å². The van der Waals surface area contributed by atoms with E-state index in [4.69, 9.17) is 0 Å². The van der Waals surface area contributed by atoms with Gasteiger partial charge in [0.1, 0.15) is 0 Å². The molecule has 0 heterocycles. The van der Waals surface area contributed by atoms with Crippen LogP contribution in [0.15, 0.2) is 23.1 Å². The molecule has 5 heteroatoms. The lowest BCUT2D eigenvalue weighted by Gasteiger charge is -2.26. The van der Waals surface area contributed by atoms with Gasteiger partial charge in [0.2, 0.25) is 10.0 Å². The van der Waals surface area contributed by atoms with Crippen LogP contribution in [0, 0.1) is 6.92 Å². The highest BCUT2D eigenvalue weighted by Gasteiger charge is 2.26. The lowest BCUT2D eigenvalue weighted by Crippen LogP contribution is -2.43. The third-order valence-corrected chi connectivity index (χ3v) is 5.05.